The summed E-state index contributed by atoms with van der Waals surface area (Å²) in [5, 5.41) is 0. The topological polar surface area (TPSA) is 78.9 Å². The summed E-state index contributed by atoms with van der Waals surface area (Å²) in [6.07, 6.45) is 3.35. The maximum atomic E-state index is 12.7. The van der Waals surface area contributed by atoms with Crippen LogP contribution in [0.25, 0.3) is 0 Å². The summed E-state index contributed by atoms with van der Waals surface area (Å²) in [6.45, 7) is 4.51. The van der Waals surface area contributed by atoms with Gasteiger partial charge >= 0.3 is 7.60 Å². The largest absolute Gasteiger partial charge is 0.337 e. The molecule has 0 saturated carbocycles. The van der Waals surface area contributed by atoms with Crippen molar-refractivity contribution < 1.29 is 26.2 Å². The van der Waals surface area contributed by atoms with E-state index in [-0.39, 0.29) is 12.4 Å². The maximum Gasteiger partial charge on any atom is 0.337 e. The van der Waals surface area contributed by atoms with E-state index in [9.17, 15) is 13.0 Å². The molecular formula is C11H23O6PS. The smallest absolute Gasteiger partial charge is 0.308 e. The molecule has 0 aliphatic carbocycles. The van der Waals surface area contributed by atoms with Gasteiger partial charge in [-0.1, -0.05) is 26.7 Å². The Balaban J connectivity index is 2.65. The summed E-state index contributed by atoms with van der Waals surface area (Å²) in [5.41, 5.74) is -0.703. The van der Waals surface area contributed by atoms with Gasteiger partial charge in [0.25, 0.3) is 10.1 Å². The minimum absolute atomic E-state index is 0.113. The molecule has 1 fully saturated rings. The number of hydrogen-bond donors (Lipinski definition) is 0. The Hall–Kier alpha value is 0.0600. The van der Waals surface area contributed by atoms with E-state index >= 15 is 0 Å². The Morgan fingerprint density at radius 1 is 1.16 bits per heavy atom. The molecular weight excluding hydrogens is 291 g/mol. The van der Waals surface area contributed by atoms with E-state index in [0.717, 1.165) is 25.7 Å². The summed E-state index contributed by atoms with van der Waals surface area (Å²) >= 11 is 0. The van der Waals surface area contributed by atoms with Crippen molar-refractivity contribution in [3.05, 3.63) is 0 Å². The third kappa shape index (κ3) is 5.52. The first kappa shape index (κ1) is 17.1. The van der Waals surface area contributed by atoms with Gasteiger partial charge in [0.05, 0.1) is 25.6 Å². The standard InChI is InChI=1S/C11H23O6PS/c1-3-5-7-15-18(12,16-8-6-4-2)11-9-17-19(13,14)10-11/h11H,3-10H2,1-2H3. The van der Waals surface area contributed by atoms with Gasteiger partial charge in [-0.05, 0) is 12.8 Å². The SMILES string of the molecule is CCCCOP(=O)(OCCCC)C1COS(=O)(=O)C1. The van der Waals surface area contributed by atoms with E-state index in [2.05, 4.69) is 4.18 Å². The second-order valence-electron chi connectivity index (χ2n) is 4.58. The third-order valence-electron chi connectivity index (χ3n) is 2.82. The second kappa shape index (κ2) is 7.74. The first-order chi connectivity index (χ1) is 8.93. The third-order valence-corrected chi connectivity index (χ3v) is 6.69. The van der Waals surface area contributed by atoms with Crippen LogP contribution in [0, 0.1) is 0 Å². The zero-order valence-corrected chi connectivity index (χ0v) is 13.3. The predicted octanol–water partition coefficient (Wildman–Crippen LogP) is 2.54. The Morgan fingerprint density at radius 2 is 1.68 bits per heavy atom. The highest BCUT2D eigenvalue weighted by Gasteiger charge is 2.44. The van der Waals surface area contributed by atoms with E-state index in [0.29, 0.717) is 13.2 Å². The van der Waals surface area contributed by atoms with E-state index in [4.69, 9.17) is 9.05 Å². The van der Waals surface area contributed by atoms with Gasteiger partial charge in [-0.2, -0.15) is 8.42 Å². The highest BCUT2D eigenvalue weighted by atomic mass is 32.2. The van der Waals surface area contributed by atoms with E-state index in [1.165, 1.54) is 0 Å². The monoisotopic (exact) mass is 314 g/mol. The molecule has 114 valence electrons. The van der Waals surface area contributed by atoms with Gasteiger partial charge < -0.3 is 9.05 Å². The highest BCUT2D eigenvalue weighted by Crippen LogP contribution is 2.55. The summed E-state index contributed by atoms with van der Waals surface area (Å²) in [5.74, 6) is -0.289. The first-order valence-electron chi connectivity index (χ1n) is 6.69. The molecule has 1 atom stereocenters. The fourth-order valence-corrected chi connectivity index (χ4v) is 5.55. The van der Waals surface area contributed by atoms with Gasteiger partial charge in [-0.25, -0.2) is 0 Å². The fraction of sp³-hybridized carbons (Fsp3) is 1.00. The molecule has 0 radical (unpaired) electrons. The molecule has 1 unspecified atom stereocenters. The van der Waals surface area contributed by atoms with Crippen LogP contribution in [0.3, 0.4) is 0 Å². The van der Waals surface area contributed by atoms with Crippen molar-refractivity contribution in [2.75, 3.05) is 25.6 Å². The molecule has 0 aromatic rings. The Kier molecular flexibility index (Phi) is 6.97. The van der Waals surface area contributed by atoms with Crippen LogP contribution in [-0.2, 0) is 27.9 Å². The van der Waals surface area contributed by atoms with E-state index < -0.39 is 23.4 Å². The normalized spacial score (nSPS) is 22.7. The van der Waals surface area contributed by atoms with Gasteiger partial charge in [-0.15, -0.1) is 0 Å². The molecule has 1 saturated heterocycles. The van der Waals surface area contributed by atoms with E-state index in [1.807, 2.05) is 13.8 Å². The van der Waals surface area contributed by atoms with Gasteiger partial charge in [0.15, 0.2) is 0 Å². The van der Waals surface area contributed by atoms with Crippen molar-refractivity contribution in [3.63, 3.8) is 0 Å². The van der Waals surface area contributed by atoms with E-state index in [1.54, 1.807) is 0 Å². The number of rotatable bonds is 9. The molecule has 0 aromatic carbocycles. The molecule has 1 aliphatic heterocycles. The van der Waals surface area contributed by atoms with Crippen molar-refractivity contribution >= 4 is 17.7 Å². The van der Waals surface area contributed by atoms with Crippen LogP contribution < -0.4 is 0 Å². The van der Waals surface area contributed by atoms with Crippen LogP contribution in [0.15, 0.2) is 0 Å². The summed E-state index contributed by atoms with van der Waals surface area (Å²) < 4.78 is 50.7. The Morgan fingerprint density at radius 3 is 2.05 bits per heavy atom. The molecule has 8 heteroatoms. The molecule has 1 rings (SSSR count). The number of unbranched alkanes of at least 4 members (excludes halogenated alkanes) is 2. The van der Waals surface area contributed by atoms with Crippen molar-refractivity contribution in [3.8, 4) is 0 Å². The van der Waals surface area contributed by atoms with Crippen LogP contribution >= 0.6 is 7.60 Å². The summed E-state index contributed by atoms with van der Waals surface area (Å²) in [4.78, 5) is 0. The first-order valence-corrected chi connectivity index (χ1v) is 9.88. The van der Waals surface area contributed by atoms with Gasteiger partial charge in [0.1, 0.15) is 5.66 Å². The molecule has 19 heavy (non-hydrogen) atoms. The van der Waals surface area contributed by atoms with Crippen molar-refractivity contribution in [1.82, 2.24) is 0 Å². The highest BCUT2D eigenvalue weighted by molar-refractivity contribution is 7.87. The average molecular weight is 314 g/mol. The maximum absolute atomic E-state index is 12.7. The lowest BCUT2D eigenvalue weighted by Crippen LogP contribution is -2.18. The summed E-state index contributed by atoms with van der Waals surface area (Å²) in [7, 11) is -6.98. The molecule has 0 spiro atoms. The Labute approximate surface area is 115 Å². The molecule has 0 N–H and O–H groups in total. The van der Waals surface area contributed by atoms with Crippen LogP contribution in [-0.4, -0.2) is 39.7 Å². The lowest BCUT2D eigenvalue weighted by molar-refractivity contribution is 0.190. The fourth-order valence-electron chi connectivity index (χ4n) is 1.62. The van der Waals surface area contributed by atoms with Gasteiger partial charge in [0, 0.05) is 0 Å². The molecule has 0 aromatic heterocycles. The van der Waals surface area contributed by atoms with Crippen molar-refractivity contribution in [2.24, 2.45) is 0 Å². The van der Waals surface area contributed by atoms with Crippen molar-refractivity contribution in [1.29, 1.82) is 0 Å². The lowest BCUT2D eigenvalue weighted by Gasteiger charge is -2.22. The van der Waals surface area contributed by atoms with Crippen LogP contribution in [0.1, 0.15) is 39.5 Å². The van der Waals surface area contributed by atoms with Crippen molar-refractivity contribution in [2.45, 2.75) is 45.2 Å². The Bertz CT molecular complexity index is 393. The molecule has 6 nitrogen and oxygen atoms in total. The quantitative estimate of drug-likeness (QED) is 0.370. The van der Waals surface area contributed by atoms with Gasteiger partial charge in [0.2, 0.25) is 0 Å². The molecule has 0 amide bonds. The zero-order valence-electron chi connectivity index (χ0n) is 11.5. The molecule has 1 heterocycles. The average Bonchev–Trinajstić information content (AvgIpc) is 2.71. The molecule has 1 aliphatic rings. The lowest BCUT2D eigenvalue weighted by atomic mass is 10.4. The van der Waals surface area contributed by atoms with Crippen LogP contribution in [0.4, 0.5) is 0 Å². The van der Waals surface area contributed by atoms with Crippen LogP contribution in [0.2, 0.25) is 0 Å². The minimum atomic E-state index is -3.57. The second-order valence-corrected chi connectivity index (χ2v) is 8.59. The number of hydrogen-bond acceptors (Lipinski definition) is 6. The zero-order chi connectivity index (χ0) is 14.4. The predicted molar refractivity (Wildman–Crippen MR) is 72.9 cm³/mol. The summed E-state index contributed by atoms with van der Waals surface area (Å²) in [6, 6.07) is 0. The minimum Gasteiger partial charge on any atom is -0.308 e. The van der Waals surface area contributed by atoms with Gasteiger partial charge in [-0.3, -0.25) is 8.75 Å². The van der Waals surface area contributed by atoms with Crippen LogP contribution in [0.5, 0.6) is 0 Å². The molecule has 0 bridgehead atoms.